The molecule has 0 aromatic carbocycles. The topological polar surface area (TPSA) is 66.4 Å². The maximum Gasteiger partial charge on any atom is 0.326 e. The van der Waals surface area contributed by atoms with Gasteiger partial charge in [0.2, 0.25) is 0 Å². The van der Waals surface area contributed by atoms with E-state index in [-0.39, 0.29) is 11.8 Å². The molecular weight excluding hydrogens is 294 g/mol. The van der Waals surface area contributed by atoms with Crippen molar-refractivity contribution in [2.24, 2.45) is 5.92 Å². The van der Waals surface area contributed by atoms with E-state index in [0.29, 0.717) is 5.56 Å². The van der Waals surface area contributed by atoms with Crippen molar-refractivity contribution in [3.8, 4) is 0 Å². The number of hydrogen-bond acceptors (Lipinski definition) is 3. The van der Waals surface area contributed by atoms with Crippen molar-refractivity contribution < 1.29 is 14.7 Å². The molecule has 16 heavy (non-hydrogen) atoms. The molecule has 4 nitrogen and oxygen atoms in total. The molecule has 0 saturated heterocycles. The van der Waals surface area contributed by atoms with Crippen molar-refractivity contribution in [1.29, 1.82) is 0 Å². The molecule has 1 aromatic rings. The number of nitrogens with one attached hydrogen (secondary N) is 1. The first-order valence-corrected chi connectivity index (χ1v) is 6.53. The summed E-state index contributed by atoms with van der Waals surface area (Å²) in [7, 11) is 0. The van der Waals surface area contributed by atoms with Crippen LogP contribution in [0.4, 0.5) is 0 Å². The Morgan fingerprint density at radius 1 is 1.56 bits per heavy atom. The zero-order chi connectivity index (χ0) is 11.7. The molecular formula is C10H10BrNO3S. The number of aliphatic carboxylic acids is 1. The first-order chi connectivity index (χ1) is 7.58. The number of rotatable bonds is 4. The summed E-state index contributed by atoms with van der Waals surface area (Å²) in [5.41, 5.74) is 0.503. The van der Waals surface area contributed by atoms with Gasteiger partial charge in [0, 0.05) is 5.38 Å². The molecule has 0 spiro atoms. The lowest BCUT2D eigenvalue weighted by Gasteiger charge is -2.12. The van der Waals surface area contributed by atoms with E-state index in [1.54, 1.807) is 11.4 Å². The van der Waals surface area contributed by atoms with Gasteiger partial charge in [0.15, 0.2) is 0 Å². The van der Waals surface area contributed by atoms with Crippen LogP contribution in [0.25, 0.3) is 0 Å². The van der Waals surface area contributed by atoms with Crippen LogP contribution in [0.1, 0.15) is 23.2 Å². The number of carboxylic acids is 1. The van der Waals surface area contributed by atoms with E-state index in [0.717, 1.165) is 16.6 Å². The predicted molar refractivity (Wildman–Crippen MR) is 63.6 cm³/mol. The van der Waals surface area contributed by atoms with Gasteiger partial charge in [-0.05, 0) is 40.8 Å². The van der Waals surface area contributed by atoms with Crippen LogP contribution in [0.15, 0.2) is 15.2 Å². The lowest BCUT2D eigenvalue weighted by atomic mass is 10.2. The van der Waals surface area contributed by atoms with Crippen molar-refractivity contribution in [2.45, 2.75) is 18.9 Å². The Morgan fingerprint density at radius 2 is 2.25 bits per heavy atom. The van der Waals surface area contributed by atoms with Gasteiger partial charge in [-0.25, -0.2) is 4.79 Å². The maximum absolute atomic E-state index is 11.7. The Bertz CT molecular complexity index is 427. The Kier molecular flexibility index (Phi) is 3.30. The Labute approximate surface area is 105 Å². The number of carbonyl (C=O) groups is 2. The largest absolute Gasteiger partial charge is 0.480 e. The summed E-state index contributed by atoms with van der Waals surface area (Å²) < 4.78 is 0.857. The van der Waals surface area contributed by atoms with Gasteiger partial charge in [-0.1, -0.05) is 0 Å². The molecule has 2 rings (SSSR count). The van der Waals surface area contributed by atoms with Crippen LogP contribution in [0.3, 0.4) is 0 Å². The summed E-state index contributed by atoms with van der Waals surface area (Å²) in [5.74, 6) is -1.17. The van der Waals surface area contributed by atoms with Crippen LogP contribution >= 0.6 is 27.3 Å². The number of amides is 1. The van der Waals surface area contributed by atoms with Crippen molar-refractivity contribution in [3.63, 3.8) is 0 Å². The molecule has 1 fully saturated rings. The van der Waals surface area contributed by atoms with E-state index in [1.807, 2.05) is 0 Å². The predicted octanol–water partition coefficient (Wildman–Crippen LogP) is 2.10. The minimum Gasteiger partial charge on any atom is -0.480 e. The fraction of sp³-hybridized carbons (Fsp3) is 0.400. The third kappa shape index (κ3) is 2.62. The van der Waals surface area contributed by atoms with E-state index in [2.05, 4.69) is 21.2 Å². The number of thiophene rings is 1. The first-order valence-electron chi connectivity index (χ1n) is 4.85. The quantitative estimate of drug-likeness (QED) is 0.895. The standard InChI is InChI=1S/C10H10BrNO3S/c11-7-3-6(4-16-7)9(13)12-8(10(14)15)5-1-2-5/h3-5,8H,1-2H2,(H,12,13)(H,14,15). The van der Waals surface area contributed by atoms with Gasteiger partial charge in [-0.3, -0.25) is 4.79 Å². The highest BCUT2D eigenvalue weighted by Crippen LogP contribution is 2.33. The van der Waals surface area contributed by atoms with E-state index in [1.165, 1.54) is 11.3 Å². The summed E-state index contributed by atoms with van der Waals surface area (Å²) in [6.07, 6.45) is 1.76. The average molecular weight is 304 g/mol. The first kappa shape index (κ1) is 11.6. The highest BCUT2D eigenvalue weighted by molar-refractivity contribution is 9.11. The molecule has 2 N–H and O–H groups in total. The highest BCUT2D eigenvalue weighted by Gasteiger charge is 2.37. The SMILES string of the molecule is O=C(NC(C(=O)O)C1CC1)c1csc(Br)c1. The van der Waals surface area contributed by atoms with E-state index in [9.17, 15) is 9.59 Å². The summed E-state index contributed by atoms with van der Waals surface area (Å²) in [6.45, 7) is 0. The molecule has 0 bridgehead atoms. The summed E-state index contributed by atoms with van der Waals surface area (Å²) in [6, 6.07) is 0.942. The molecule has 1 aliphatic carbocycles. The Balaban J connectivity index is 2.02. The minimum absolute atomic E-state index is 0.100. The van der Waals surface area contributed by atoms with Crippen molar-refractivity contribution in [3.05, 3.63) is 20.8 Å². The number of halogens is 1. The second-order valence-corrected chi connectivity index (χ2v) is 6.06. The van der Waals surface area contributed by atoms with Gasteiger partial charge in [0.25, 0.3) is 5.91 Å². The van der Waals surface area contributed by atoms with E-state index in [4.69, 9.17) is 5.11 Å². The Hall–Kier alpha value is -0.880. The van der Waals surface area contributed by atoms with Crippen molar-refractivity contribution >= 4 is 39.1 Å². The van der Waals surface area contributed by atoms with E-state index >= 15 is 0 Å². The van der Waals surface area contributed by atoms with Gasteiger partial charge in [0.05, 0.1) is 9.35 Å². The second-order valence-electron chi connectivity index (χ2n) is 3.77. The van der Waals surface area contributed by atoms with Crippen LogP contribution in [-0.2, 0) is 4.79 Å². The molecule has 1 saturated carbocycles. The average Bonchev–Trinajstić information content (AvgIpc) is 2.96. The van der Waals surface area contributed by atoms with Gasteiger partial charge in [-0.2, -0.15) is 0 Å². The maximum atomic E-state index is 11.7. The molecule has 1 aromatic heterocycles. The molecule has 1 heterocycles. The molecule has 86 valence electrons. The molecule has 0 aliphatic heterocycles. The zero-order valence-corrected chi connectivity index (χ0v) is 10.7. The number of carboxylic acid groups (broad SMARTS) is 1. The molecule has 1 atom stereocenters. The third-order valence-electron chi connectivity index (χ3n) is 2.48. The second kappa shape index (κ2) is 4.55. The lowest BCUT2D eigenvalue weighted by Crippen LogP contribution is -2.42. The lowest BCUT2D eigenvalue weighted by molar-refractivity contribution is -0.139. The van der Waals surface area contributed by atoms with Gasteiger partial charge >= 0.3 is 5.97 Å². The van der Waals surface area contributed by atoms with E-state index < -0.39 is 12.0 Å². The van der Waals surface area contributed by atoms with Crippen LogP contribution in [0.5, 0.6) is 0 Å². The molecule has 1 amide bonds. The van der Waals surface area contributed by atoms with Crippen LogP contribution in [0, 0.1) is 5.92 Å². The monoisotopic (exact) mass is 303 g/mol. The highest BCUT2D eigenvalue weighted by atomic mass is 79.9. The summed E-state index contributed by atoms with van der Waals surface area (Å²) >= 11 is 4.66. The van der Waals surface area contributed by atoms with Crippen molar-refractivity contribution in [2.75, 3.05) is 0 Å². The molecule has 1 aliphatic rings. The summed E-state index contributed by atoms with van der Waals surface area (Å²) in [5, 5.41) is 13.2. The smallest absolute Gasteiger partial charge is 0.326 e. The molecule has 6 heteroatoms. The number of carbonyl (C=O) groups excluding carboxylic acids is 1. The fourth-order valence-electron chi connectivity index (χ4n) is 1.46. The van der Waals surface area contributed by atoms with Crippen molar-refractivity contribution in [1.82, 2.24) is 5.32 Å². The minimum atomic E-state index is -0.954. The van der Waals surface area contributed by atoms with Crippen LogP contribution in [0.2, 0.25) is 0 Å². The Morgan fingerprint density at radius 3 is 2.69 bits per heavy atom. The number of hydrogen-bond donors (Lipinski definition) is 2. The molecule has 0 radical (unpaired) electrons. The summed E-state index contributed by atoms with van der Waals surface area (Å²) in [4.78, 5) is 22.6. The molecule has 1 unspecified atom stereocenters. The van der Waals surface area contributed by atoms with Gasteiger partial charge in [0.1, 0.15) is 6.04 Å². The fourth-order valence-corrected chi connectivity index (χ4v) is 2.60. The third-order valence-corrected chi connectivity index (χ3v) is 3.98. The normalized spacial score (nSPS) is 16.8. The van der Waals surface area contributed by atoms with Gasteiger partial charge in [-0.15, -0.1) is 11.3 Å². The zero-order valence-electron chi connectivity index (χ0n) is 8.27. The van der Waals surface area contributed by atoms with Gasteiger partial charge < -0.3 is 10.4 Å². The van der Waals surface area contributed by atoms with Crippen LogP contribution < -0.4 is 5.32 Å². The van der Waals surface area contributed by atoms with Crippen LogP contribution in [-0.4, -0.2) is 23.0 Å².